The van der Waals surface area contributed by atoms with Crippen LogP contribution in [0, 0.1) is 5.41 Å². The van der Waals surface area contributed by atoms with Crippen molar-refractivity contribution in [2.75, 3.05) is 19.8 Å². The summed E-state index contributed by atoms with van der Waals surface area (Å²) < 4.78 is 7.66. The fraction of sp³-hybridized carbons (Fsp3) is 0.800. The molecule has 1 aliphatic heterocycles. The Morgan fingerprint density at radius 3 is 3.05 bits per heavy atom. The van der Waals surface area contributed by atoms with Crippen LogP contribution in [-0.2, 0) is 18.2 Å². The van der Waals surface area contributed by atoms with E-state index in [1.807, 2.05) is 17.9 Å². The first kappa shape index (κ1) is 13.1. The van der Waals surface area contributed by atoms with Crippen molar-refractivity contribution in [1.82, 2.24) is 15.1 Å². The molecule has 1 unspecified atom stereocenters. The van der Waals surface area contributed by atoms with E-state index in [2.05, 4.69) is 16.6 Å². The van der Waals surface area contributed by atoms with Crippen molar-refractivity contribution in [3.8, 4) is 0 Å². The molecule has 19 heavy (non-hydrogen) atoms. The van der Waals surface area contributed by atoms with Crippen LogP contribution in [0.3, 0.4) is 0 Å². The summed E-state index contributed by atoms with van der Waals surface area (Å²) in [5.74, 6) is 0. The van der Waals surface area contributed by atoms with Gasteiger partial charge in [0.15, 0.2) is 0 Å². The Kier molecular flexibility index (Phi) is 3.89. The summed E-state index contributed by atoms with van der Waals surface area (Å²) in [5, 5.41) is 7.96. The van der Waals surface area contributed by atoms with Gasteiger partial charge >= 0.3 is 0 Å². The fourth-order valence-electron chi connectivity index (χ4n) is 2.99. The van der Waals surface area contributed by atoms with Gasteiger partial charge in [0.2, 0.25) is 0 Å². The normalized spacial score (nSPS) is 27.6. The number of nitrogens with one attached hydrogen (secondary N) is 1. The molecule has 1 aliphatic carbocycles. The summed E-state index contributed by atoms with van der Waals surface area (Å²) >= 11 is 0. The summed E-state index contributed by atoms with van der Waals surface area (Å²) in [4.78, 5) is 0. The van der Waals surface area contributed by atoms with Gasteiger partial charge in [-0.1, -0.05) is 0 Å². The third-order valence-electron chi connectivity index (χ3n) is 4.45. The smallest absolute Gasteiger partial charge is 0.0534 e. The van der Waals surface area contributed by atoms with Crippen molar-refractivity contribution >= 4 is 0 Å². The van der Waals surface area contributed by atoms with Crippen molar-refractivity contribution in [3.63, 3.8) is 0 Å². The number of aromatic nitrogens is 2. The maximum atomic E-state index is 5.77. The quantitative estimate of drug-likeness (QED) is 0.852. The average molecular weight is 263 g/mol. The molecule has 2 heterocycles. The number of aryl methyl sites for hydroxylation is 2. The number of ether oxygens (including phenoxy) is 1. The van der Waals surface area contributed by atoms with E-state index in [-0.39, 0.29) is 0 Å². The van der Waals surface area contributed by atoms with Gasteiger partial charge in [0.25, 0.3) is 0 Å². The molecule has 0 amide bonds. The molecule has 106 valence electrons. The molecule has 2 fully saturated rings. The summed E-state index contributed by atoms with van der Waals surface area (Å²) in [6.07, 6.45) is 11.7. The van der Waals surface area contributed by atoms with Crippen molar-refractivity contribution in [2.45, 2.75) is 44.6 Å². The highest BCUT2D eigenvalue weighted by Crippen LogP contribution is 2.34. The number of rotatable bonds is 6. The topological polar surface area (TPSA) is 39.1 Å². The Labute approximate surface area is 115 Å². The van der Waals surface area contributed by atoms with Gasteiger partial charge in [0, 0.05) is 37.9 Å². The number of hydrogen-bond acceptors (Lipinski definition) is 3. The van der Waals surface area contributed by atoms with Gasteiger partial charge < -0.3 is 10.1 Å². The molecule has 1 aromatic heterocycles. The Bertz CT molecular complexity index is 405. The first-order chi connectivity index (χ1) is 9.26. The maximum Gasteiger partial charge on any atom is 0.0534 e. The van der Waals surface area contributed by atoms with Gasteiger partial charge in [0.1, 0.15) is 0 Å². The van der Waals surface area contributed by atoms with Crippen LogP contribution in [0.2, 0.25) is 0 Å². The van der Waals surface area contributed by atoms with E-state index in [1.54, 1.807) is 0 Å². The molecule has 0 radical (unpaired) electrons. The second-order valence-corrected chi connectivity index (χ2v) is 6.33. The van der Waals surface area contributed by atoms with Gasteiger partial charge in [-0.3, -0.25) is 4.68 Å². The van der Waals surface area contributed by atoms with E-state index in [0.29, 0.717) is 5.41 Å². The van der Waals surface area contributed by atoms with Gasteiger partial charge in [-0.05, 0) is 44.1 Å². The van der Waals surface area contributed by atoms with Crippen LogP contribution in [0.1, 0.15) is 37.7 Å². The molecule has 0 aromatic carbocycles. The largest absolute Gasteiger partial charge is 0.381 e. The first-order valence-corrected chi connectivity index (χ1v) is 7.54. The zero-order chi connectivity index (χ0) is 13.1. The highest BCUT2D eigenvalue weighted by Gasteiger charge is 2.34. The Morgan fingerprint density at radius 2 is 2.42 bits per heavy atom. The molecule has 1 aromatic rings. The molecule has 0 bridgehead atoms. The van der Waals surface area contributed by atoms with Crippen molar-refractivity contribution in [2.24, 2.45) is 12.5 Å². The highest BCUT2D eigenvalue weighted by molar-refractivity contribution is 5.05. The summed E-state index contributed by atoms with van der Waals surface area (Å²) in [6.45, 7) is 2.99. The summed E-state index contributed by atoms with van der Waals surface area (Å²) in [6, 6.07) is 0.789. The number of nitrogens with zero attached hydrogens (tertiary/aromatic N) is 2. The van der Waals surface area contributed by atoms with Crippen molar-refractivity contribution in [3.05, 3.63) is 18.0 Å². The Balaban J connectivity index is 1.57. The second-order valence-electron chi connectivity index (χ2n) is 6.33. The average Bonchev–Trinajstić information content (AvgIpc) is 3.17. The molecule has 2 aliphatic rings. The molecular weight excluding hydrogens is 238 g/mol. The monoisotopic (exact) mass is 263 g/mol. The molecule has 1 N–H and O–H groups in total. The number of hydrogen-bond donors (Lipinski definition) is 1. The zero-order valence-electron chi connectivity index (χ0n) is 11.9. The predicted octanol–water partition coefficient (Wildman–Crippen LogP) is 1.90. The summed E-state index contributed by atoms with van der Waals surface area (Å²) in [7, 11) is 1.98. The van der Waals surface area contributed by atoms with E-state index in [1.165, 1.54) is 37.7 Å². The van der Waals surface area contributed by atoms with Gasteiger partial charge in [-0.15, -0.1) is 0 Å². The first-order valence-electron chi connectivity index (χ1n) is 7.54. The minimum absolute atomic E-state index is 0.344. The third-order valence-corrected chi connectivity index (χ3v) is 4.45. The summed E-state index contributed by atoms with van der Waals surface area (Å²) in [5.41, 5.74) is 1.69. The minimum atomic E-state index is 0.344. The lowest BCUT2D eigenvalue weighted by Gasteiger charge is -2.37. The molecule has 4 nitrogen and oxygen atoms in total. The lowest BCUT2D eigenvalue weighted by molar-refractivity contribution is -0.0120. The highest BCUT2D eigenvalue weighted by atomic mass is 16.5. The lowest BCUT2D eigenvalue weighted by atomic mass is 9.77. The van der Waals surface area contributed by atoms with Crippen LogP contribution >= 0.6 is 0 Å². The lowest BCUT2D eigenvalue weighted by Crippen LogP contribution is -2.42. The molecule has 1 saturated carbocycles. The second kappa shape index (κ2) is 5.63. The van der Waals surface area contributed by atoms with Crippen molar-refractivity contribution in [1.29, 1.82) is 0 Å². The third kappa shape index (κ3) is 3.57. The van der Waals surface area contributed by atoms with Crippen LogP contribution in [0.5, 0.6) is 0 Å². The van der Waals surface area contributed by atoms with Crippen molar-refractivity contribution < 1.29 is 4.74 Å². The van der Waals surface area contributed by atoms with Gasteiger partial charge in [-0.25, -0.2) is 0 Å². The minimum Gasteiger partial charge on any atom is -0.381 e. The van der Waals surface area contributed by atoms with Crippen LogP contribution in [-0.4, -0.2) is 35.6 Å². The van der Waals surface area contributed by atoms with Crippen LogP contribution in [0.15, 0.2) is 12.4 Å². The fourth-order valence-corrected chi connectivity index (χ4v) is 2.99. The molecule has 1 saturated heterocycles. The standard InChI is InChI=1S/C15H25N3O/c1-18-10-13(9-17-18)5-7-15(6-2-8-19-12-15)11-16-14-3-4-14/h9-10,14,16H,2-8,11-12H2,1H3. The van der Waals surface area contributed by atoms with Gasteiger partial charge in [-0.2, -0.15) is 5.10 Å². The van der Waals surface area contributed by atoms with E-state index in [0.717, 1.165) is 32.2 Å². The zero-order valence-corrected chi connectivity index (χ0v) is 11.9. The molecular formula is C15H25N3O. The van der Waals surface area contributed by atoms with Crippen LogP contribution in [0.4, 0.5) is 0 Å². The SMILES string of the molecule is Cn1cc(CCC2(CNC3CC3)CCCOC2)cn1. The molecule has 0 spiro atoms. The van der Waals surface area contributed by atoms with E-state index >= 15 is 0 Å². The van der Waals surface area contributed by atoms with Gasteiger partial charge in [0.05, 0.1) is 12.8 Å². The predicted molar refractivity (Wildman–Crippen MR) is 75.0 cm³/mol. The van der Waals surface area contributed by atoms with E-state index in [9.17, 15) is 0 Å². The Morgan fingerprint density at radius 1 is 1.53 bits per heavy atom. The van der Waals surface area contributed by atoms with E-state index < -0.39 is 0 Å². The molecule has 1 atom stereocenters. The maximum absolute atomic E-state index is 5.77. The molecule has 3 rings (SSSR count). The molecule has 4 heteroatoms. The Hall–Kier alpha value is -0.870. The van der Waals surface area contributed by atoms with Crippen LogP contribution in [0.25, 0.3) is 0 Å². The van der Waals surface area contributed by atoms with Crippen LogP contribution < -0.4 is 5.32 Å². The van der Waals surface area contributed by atoms with E-state index in [4.69, 9.17) is 4.74 Å².